The maximum Gasteiger partial charge on any atom is 0.278 e. The average Bonchev–Trinajstić information content (AvgIpc) is 2.83. The Kier molecular flexibility index (Phi) is 6.35. The van der Waals surface area contributed by atoms with Gasteiger partial charge in [0.2, 0.25) is 0 Å². The lowest BCUT2D eigenvalue weighted by Gasteiger charge is -2.19. The van der Waals surface area contributed by atoms with Crippen molar-refractivity contribution in [2.24, 2.45) is 0 Å². The van der Waals surface area contributed by atoms with Gasteiger partial charge < -0.3 is 9.84 Å². The fraction of sp³-hybridized carbons (Fsp3) is 0.231. The van der Waals surface area contributed by atoms with Crippen LogP contribution in [0.1, 0.15) is 39.2 Å². The Morgan fingerprint density at radius 1 is 1.16 bits per heavy atom. The number of aryl methyl sites for hydroxylation is 2. The summed E-state index contributed by atoms with van der Waals surface area (Å²) in [6.07, 6.45) is 1.96. The summed E-state index contributed by atoms with van der Waals surface area (Å²) in [5.74, 6) is -3.67. The first-order chi connectivity index (χ1) is 18.1. The van der Waals surface area contributed by atoms with Crippen molar-refractivity contribution in [3.63, 3.8) is 0 Å². The van der Waals surface area contributed by atoms with Gasteiger partial charge in [0.1, 0.15) is 40.1 Å². The highest BCUT2D eigenvalue weighted by Gasteiger charge is 2.24. The molecule has 7 nitrogen and oxygen atoms in total. The van der Waals surface area contributed by atoms with E-state index in [0.29, 0.717) is 12.3 Å². The number of halogens is 4. The molecule has 0 aliphatic carbocycles. The standard InChI is InChI=1S/C26H22ClF3N4O3/c1-13-10-32-23(17-6-5-7-20(33-17)26(3,4)36)22(30)24(13)34-14(2)8-19(21(27)25(34)35)37-12-18-16(29)9-15(28)11-31-18/h5-11,36H,12H2,1-4H3/i12D2. The van der Waals surface area contributed by atoms with Crippen molar-refractivity contribution in [1.29, 1.82) is 0 Å². The molecule has 1 N–H and O–H groups in total. The van der Waals surface area contributed by atoms with E-state index in [1.165, 1.54) is 46.0 Å². The van der Waals surface area contributed by atoms with Crippen LogP contribution in [0.25, 0.3) is 17.1 Å². The van der Waals surface area contributed by atoms with E-state index >= 15 is 4.39 Å². The molecule has 0 aromatic carbocycles. The molecular formula is C26H22ClF3N4O3. The van der Waals surface area contributed by atoms with Gasteiger partial charge >= 0.3 is 0 Å². The van der Waals surface area contributed by atoms with E-state index in [1.54, 1.807) is 12.1 Å². The third kappa shape index (κ3) is 5.21. The van der Waals surface area contributed by atoms with Crippen LogP contribution in [0.4, 0.5) is 13.2 Å². The highest BCUT2D eigenvalue weighted by molar-refractivity contribution is 6.31. The van der Waals surface area contributed by atoms with Gasteiger partial charge in [0.15, 0.2) is 11.6 Å². The molecule has 0 aliphatic rings. The molecule has 0 aliphatic heterocycles. The molecule has 0 saturated heterocycles. The maximum atomic E-state index is 16.0. The van der Waals surface area contributed by atoms with Crippen LogP contribution in [0.2, 0.25) is 5.02 Å². The SMILES string of the molecule is [2H]C([2H])(Oc1cc(C)n(-c2c(C)cnc(-c3cccc(C(C)(C)O)n3)c2F)c(=O)c1Cl)c1ncc(F)cc1F. The number of aliphatic hydroxyl groups is 1. The summed E-state index contributed by atoms with van der Waals surface area (Å²) in [7, 11) is 0. The number of hydrogen-bond acceptors (Lipinski definition) is 6. The van der Waals surface area contributed by atoms with Crippen molar-refractivity contribution in [2.75, 3.05) is 0 Å². The molecule has 11 heteroatoms. The Hall–Kier alpha value is -3.76. The number of rotatable bonds is 6. The van der Waals surface area contributed by atoms with E-state index in [0.717, 1.165) is 4.57 Å². The zero-order valence-corrected chi connectivity index (χ0v) is 20.9. The van der Waals surface area contributed by atoms with E-state index in [4.69, 9.17) is 19.1 Å². The summed E-state index contributed by atoms with van der Waals surface area (Å²) in [5, 5.41) is 9.68. The zero-order chi connectivity index (χ0) is 28.9. The molecule has 0 radical (unpaired) electrons. The predicted molar refractivity (Wildman–Crippen MR) is 131 cm³/mol. The van der Waals surface area contributed by atoms with Crippen LogP contribution in [0.15, 0.2) is 47.5 Å². The first-order valence-corrected chi connectivity index (χ1v) is 11.3. The molecule has 4 aromatic rings. The molecule has 0 amide bonds. The number of aromatic nitrogens is 4. The monoisotopic (exact) mass is 532 g/mol. The molecule has 192 valence electrons. The lowest BCUT2D eigenvalue weighted by molar-refractivity contribution is 0.0739. The Labute approximate surface area is 218 Å². The number of hydrogen-bond donors (Lipinski definition) is 1. The van der Waals surface area contributed by atoms with Crippen molar-refractivity contribution < 1.29 is 25.8 Å². The minimum Gasteiger partial charge on any atom is -0.485 e. The smallest absolute Gasteiger partial charge is 0.278 e. The van der Waals surface area contributed by atoms with Crippen LogP contribution in [0.3, 0.4) is 0 Å². The van der Waals surface area contributed by atoms with E-state index in [-0.39, 0.29) is 34.0 Å². The minimum absolute atomic E-state index is 0.0973. The fourth-order valence-electron chi connectivity index (χ4n) is 3.55. The summed E-state index contributed by atoms with van der Waals surface area (Å²) >= 11 is 6.23. The maximum absolute atomic E-state index is 16.0. The fourth-order valence-corrected chi connectivity index (χ4v) is 3.73. The van der Waals surface area contributed by atoms with Gasteiger partial charge in [-0.1, -0.05) is 17.7 Å². The van der Waals surface area contributed by atoms with E-state index < -0.39 is 51.6 Å². The molecule has 0 spiro atoms. The molecule has 0 fully saturated rings. The molecule has 0 bridgehead atoms. The van der Waals surface area contributed by atoms with Crippen LogP contribution < -0.4 is 10.3 Å². The zero-order valence-electron chi connectivity index (χ0n) is 22.1. The second-order valence-electron chi connectivity index (χ2n) is 8.71. The first kappa shape index (κ1) is 23.6. The Morgan fingerprint density at radius 3 is 2.57 bits per heavy atom. The second-order valence-corrected chi connectivity index (χ2v) is 9.09. The molecule has 37 heavy (non-hydrogen) atoms. The Balaban J connectivity index is 1.83. The second kappa shape index (κ2) is 9.95. The highest BCUT2D eigenvalue weighted by atomic mass is 35.5. The van der Waals surface area contributed by atoms with E-state index in [9.17, 15) is 18.7 Å². The van der Waals surface area contributed by atoms with Gasteiger partial charge in [-0.3, -0.25) is 19.3 Å². The van der Waals surface area contributed by atoms with Crippen LogP contribution in [-0.2, 0) is 12.2 Å². The van der Waals surface area contributed by atoms with E-state index in [2.05, 4.69) is 15.0 Å². The Morgan fingerprint density at radius 2 is 1.89 bits per heavy atom. The largest absolute Gasteiger partial charge is 0.485 e. The van der Waals surface area contributed by atoms with Gasteiger partial charge in [-0.25, -0.2) is 18.2 Å². The van der Waals surface area contributed by atoms with Gasteiger partial charge in [-0.2, -0.15) is 0 Å². The third-order valence-corrected chi connectivity index (χ3v) is 5.73. The van der Waals surface area contributed by atoms with Crippen LogP contribution >= 0.6 is 11.6 Å². The van der Waals surface area contributed by atoms with Gasteiger partial charge in [-0.05, 0) is 45.4 Å². The quantitative estimate of drug-likeness (QED) is 0.368. The van der Waals surface area contributed by atoms with Crippen molar-refractivity contribution in [3.8, 4) is 22.8 Å². The summed E-state index contributed by atoms with van der Waals surface area (Å²) < 4.78 is 65.7. The van der Waals surface area contributed by atoms with Crippen molar-refractivity contribution in [3.05, 3.63) is 98.2 Å². The molecule has 0 unspecified atom stereocenters. The van der Waals surface area contributed by atoms with Crippen LogP contribution in [0.5, 0.6) is 5.75 Å². The number of nitrogens with zero attached hydrogens (tertiary/aromatic N) is 4. The van der Waals surface area contributed by atoms with Crippen molar-refractivity contribution >= 4 is 11.6 Å². The summed E-state index contributed by atoms with van der Waals surface area (Å²) in [6, 6.07) is 6.28. The molecule has 4 aromatic heterocycles. The summed E-state index contributed by atoms with van der Waals surface area (Å²) in [6.45, 7) is 3.08. The van der Waals surface area contributed by atoms with Gasteiger partial charge in [0.25, 0.3) is 5.56 Å². The lowest BCUT2D eigenvalue weighted by Crippen LogP contribution is -2.24. The van der Waals surface area contributed by atoms with Crippen molar-refractivity contribution in [2.45, 2.75) is 39.9 Å². The predicted octanol–water partition coefficient (Wildman–Crippen LogP) is 5.18. The van der Waals surface area contributed by atoms with Gasteiger partial charge in [-0.15, -0.1) is 0 Å². The average molecular weight is 533 g/mol. The number of ether oxygens (including phenoxy) is 1. The third-order valence-electron chi connectivity index (χ3n) is 5.38. The van der Waals surface area contributed by atoms with E-state index in [1.807, 2.05) is 0 Å². The summed E-state index contributed by atoms with van der Waals surface area (Å²) in [5.41, 5.74) is -2.70. The highest BCUT2D eigenvalue weighted by Crippen LogP contribution is 2.30. The Bertz CT molecular complexity index is 1660. The molecule has 0 atom stereocenters. The number of pyridine rings is 4. The van der Waals surface area contributed by atoms with Crippen molar-refractivity contribution in [1.82, 2.24) is 19.5 Å². The first-order valence-electron chi connectivity index (χ1n) is 11.9. The minimum atomic E-state index is -2.94. The molecule has 4 heterocycles. The molecular weight excluding hydrogens is 509 g/mol. The van der Waals surface area contributed by atoms with Gasteiger partial charge in [0.05, 0.1) is 26.0 Å². The normalized spacial score (nSPS) is 12.8. The molecule has 0 saturated carbocycles. The van der Waals surface area contributed by atoms with Crippen LogP contribution in [0, 0.1) is 31.3 Å². The topological polar surface area (TPSA) is 90.1 Å². The van der Waals surface area contributed by atoms with Crippen LogP contribution in [-0.4, -0.2) is 24.6 Å². The summed E-state index contributed by atoms with van der Waals surface area (Å²) in [4.78, 5) is 25.2. The van der Waals surface area contributed by atoms with Gasteiger partial charge in [0, 0.05) is 24.0 Å². The lowest BCUT2D eigenvalue weighted by atomic mass is 10.0. The molecule has 4 rings (SSSR count).